The van der Waals surface area contributed by atoms with Crippen LogP contribution in [0.15, 0.2) is 39.4 Å². The van der Waals surface area contributed by atoms with E-state index in [1.165, 1.54) is 0 Å². The summed E-state index contributed by atoms with van der Waals surface area (Å²) in [5, 5.41) is 3.26. The molecule has 0 spiro atoms. The first-order valence-corrected chi connectivity index (χ1v) is 7.68. The van der Waals surface area contributed by atoms with Gasteiger partial charge < -0.3 is 19.2 Å². The summed E-state index contributed by atoms with van der Waals surface area (Å²) in [6, 6.07) is 7.25. The molecule has 0 atom stereocenters. The Kier molecular flexibility index (Phi) is 3.18. The molecule has 1 aromatic carbocycles. The van der Waals surface area contributed by atoms with Gasteiger partial charge in [0, 0.05) is 23.9 Å². The fourth-order valence-electron chi connectivity index (χ4n) is 2.65. The van der Waals surface area contributed by atoms with Crippen molar-refractivity contribution in [2.45, 2.75) is 6.42 Å². The van der Waals surface area contributed by atoms with E-state index >= 15 is 0 Å². The largest absolute Gasteiger partial charge is 0.454 e. The number of benzene rings is 1. The third-order valence-electron chi connectivity index (χ3n) is 3.69. The van der Waals surface area contributed by atoms with Gasteiger partial charge in [-0.25, -0.2) is 0 Å². The second-order valence-corrected chi connectivity index (χ2v) is 5.85. The van der Waals surface area contributed by atoms with Crippen molar-refractivity contribution in [2.24, 2.45) is 0 Å². The number of fused-ring (bicyclic) bond motifs is 2. The number of rotatable bonds is 2. The molecular formula is C16H12BrNO4. The normalized spacial score (nSPS) is 17.2. The highest BCUT2D eigenvalue weighted by atomic mass is 79.9. The molecule has 4 rings (SSSR count). The molecule has 1 aromatic heterocycles. The average Bonchev–Trinajstić information content (AvgIpc) is 3.13. The third kappa shape index (κ3) is 2.29. The zero-order chi connectivity index (χ0) is 15.1. The molecule has 1 N–H and O–H groups in total. The van der Waals surface area contributed by atoms with Gasteiger partial charge in [0.25, 0.3) is 0 Å². The number of allylic oxidation sites excluding steroid dienone is 1. The van der Waals surface area contributed by atoms with Gasteiger partial charge in [-0.15, -0.1) is 0 Å². The summed E-state index contributed by atoms with van der Waals surface area (Å²) >= 11 is 3.20. The maximum absolute atomic E-state index is 12.3. The molecule has 112 valence electrons. The second kappa shape index (κ2) is 5.21. The summed E-state index contributed by atoms with van der Waals surface area (Å²) < 4.78 is 16.7. The Morgan fingerprint density at radius 2 is 2.05 bits per heavy atom. The van der Waals surface area contributed by atoms with Crippen LogP contribution < -0.4 is 14.8 Å². The molecule has 3 heterocycles. The highest BCUT2D eigenvalue weighted by molar-refractivity contribution is 9.10. The Morgan fingerprint density at radius 3 is 2.82 bits per heavy atom. The number of hydrogen-bond acceptors (Lipinski definition) is 5. The monoisotopic (exact) mass is 361 g/mol. The Labute approximate surface area is 135 Å². The van der Waals surface area contributed by atoms with Gasteiger partial charge in [0.15, 0.2) is 21.9 Å². The fraction of sp³-hybridized carbons (Fsp3) is 0.188. The van der Waals surface area contributed by atoms with Crippen molar-refractivity contribution in [2.75, 3.05) is 13.3 Å². The molecule has 0 fully saturated rings. The van der Waals surface area contributed by atoms with Gasteiger partial charge in [0.05, 0.1) is 0 Å². The van der Waals surface area contributed by atoms with Crippen LogP contribution in [0.4, 0.5) is 0 Å². The molecule has 5 nitrogen and oxygen atoms in total. The smallest absolute Gasteiger partial charge is 0.231 e. The second-order valence-electron chi connectivity index (χ2n) is 5.07. The summed E-state index contributed by atoms with van der Waals surface area (Å²) in [7, 11) is 0. The molecule has 22 heavy (non-hydrogen) atoms. The third-order valence-corrected chi connectivity index (χ3v) is 4.12. The summed E-state index contributed by atoms with van der Waals surface area (Å²) in [4.78, 5) is 12.3. The van der Waals surface area contributed by atoms with Crippen molar-refractivity contribution in [1.82, 2.24) is 5.32 Å². The highest BCUT2D eigenvalue weighted by Gasteiger charge is 2.22. The van der Waals surface area contributed by atoms with Crippen LogP contribution >= 0.6 is 15.9 Å². The zero-order valence-electron chi connectivity index (χ0n) is 11.5. The van der Waals surface area contributed by atoms with Gasteiger partial charge in [-0.1, -0.05) is 0 Å². The van der Waals surface area contributed by atoms with Crippen LogP contribution in [-0.4, -0.2) is 19.1 Å². The van der Waals surface area contributed by atoms with Gasteiger partial charge in [0.1, 0.15) is 0 Å². The van der Waals surface area contributed by atoms with E-state index in [4.69, 9.17) is 13.9 Å². The van der Waals surface area contributed by atoms with Crippen LogP contribution in [0.3, 0.4) is 0 Å². The van der Waals surface area contributed by atoms with Crippen LogP contribution in [0.2, 0.25) is 0 Å². The lowest BCUT2D eigenvalue weighted by atomic mass is 9.96. The molecule has 0 saturated heterocycles. The van der Waals surface area contributed by atoms with Gasteiger partial charge in [-0.3, -0.25) is 4.79 Å². The van der Waals surface area contributed by atoms with E-state index in [2.05, 4.69) is 21.2 Å². The standard InChI is InChI=1S/C16H12BrNO4/c17-16-2-1-13(22-16)12(19)7-11-10-6-15-14(20-8-21-15)5-9(10)3-4-18-11/h1-2,5-7,18H,3-4,8H2/b11-7-. The average molecular weight is 362 g/mol. The van der Waals surface area contributed by atoms with E-state index in [9.17, 15) is 4.79 Å². The van der Waals surface area contributed by atoms with Crippen molar-refractivity contribution in [3.05, 3.63) is 51.9 Å². The molecular weight excluding hydrogens is 350 g/mol. The van der Waals surface area contributed by atoms with Crippen molar-refractivity contribution >= 4 is 27.4 Å². The van der Waals surface area contributed by atoms with E-state index in [1.807, 2.05) is 12.1 Å². The van der Waals surface area contributed by atoms with Crippen molar-refractivity contribution in [3.8, 4) is 11.5 Å². The zero-order valence-corrected chi connectivity index (χ0v) is 13.1. The summed E-state index contributed by atoms with van der Waals surface area (Å²) in [6.07, 6.45) is 2.44. The molecule has 0 radical (unpaired) electrons. The number of ketones is 1. The molecule has 0 aliphatic carbocycles. The number of hydrogen-bond donors (Lipinski definition) is 1. The first-order chi connectivity index (χ1) is 10.7. The number of nitrogens with one attached hydrogen (secondary N) is 1. The molecule has 0 unspecified atom stereocenters. The van der Waals surface area contributed by atoms with Gasteiger partial charge >= 0.3 is 0 Å². The van der Waals surface area contributed by atoms with Gasteiger partial charge in [-0.05, 0) is 52.2 Å². The molecule has 6 heteroatoms. The lowest BCUT2D eigenvalue weighted by Gasteiger charge is -2.21. The molecule has 0 saturated carbocycles. The predicted molar refractivity (Wildman–Crippen MR) is 83.0 cm³/mol. The molecule has 0 bridgehead atoms. The van der Waals surface area contributed by atoms with Crippen LogP contribution in [0.1, 0.15) is 21.7 Å². The summed E-state index contributed by atoms with van der Waals surface area (Å²) in [6.45, 7) is 1.01. The Balaban J connectivity index is 1.72. The van der Waals surface area contributed by atoms with Crippen molar-refractivity contribution in [1.29, 1.82) is 0 Å². The summed E-state index contributed by atoms with van der Waals surface area (Å²) in [5.74, 6) is 1.59. The molecule has 2 aliphatic rings. The molecule has 2 aliphatic heterocycles. The quantitative estimate of drug-likeness (QED) is 0.657. The first kappa shape index (κ1) is 13.5. The van der Waals surface area contributed by atoms with Crippen LogP contribution in [0, 0.1) is 0 Å². The van der Waals surface area contributed by atoms with E-state index < -0.39 is 0 Å². The summed E-state index contributed by atoms with van der Waals surface area (Å²) in [5.41, 5.74) is 2.88. The molecule has 2 aromatic rings. The van der Waals surface area contributed by atoms with Crippen LogP contribution in [0.25, 0.3) is 5.70 Å². The van der Waals surface area contributed by atoms with Crippen molar-refractivity contribution < 1.29 is 18.7 Å². The number of carbonyl (C=O) groups excluding carboxylic acids is 1. The number of halogens is 1. The minimum atomic E-state index is -0.182. The van der Waals surface area contributed by atoms with E-state index in [0.717, 1.165) is 35.5 Å². The van der Waals surface area contributed by atoms with E-state index in [0.29, 0.717) is 16.2 Å². The topological polar surface area (TPSA) is 60.7 Å². The van der Waals surface area contributed by atoms with E-state index in [-0.39, 0.29) is 12.6 Å². The maximum atomic E-state index is 12.3. The lowest BCUT2D eigenvalue weighted by Crippen LogP contribution is -2.23. The predicted octanol–water partition coefficient (Wildman–Crippen LogP) is 3.14. The van der Waals surface area contributed by atoms with Crippen molar-refractivity contribution in [3.63, 3.8) is 0 Å². The fourth-order valence-corrected chi connectivity index (χ4v) is 2.95. The molecule has 0 amide bonds. The van der Waals surface area contributed by atoms with Crippen LogP contribution in [0.5, 0.6) is 11.5 Å². The van der Waals surface area contributed by atoms with Gasteiger partial charge in [0.2, 0.25) is 12.6 Å². The minimum absolute atomic E-state index is 0.182. The Morgan fingerprint density at radius 1 is 1.23 bits per heavy atom. The number of furan rings is 1. The Bertz CT molecular complexity index is 793. The highest BCUT2D eigenvalue weighted by Crippen LogP contribution is 2.38. The lowest BCUT2D eigenvalue weighted by molar-refractivity contribution is 0.102. The van der Waals surface area contributed by atoms with Crippen LogP contribution in [-0.2, 0) is 6.42 Å². The SMILES string of the molecule is O=C(/C=C1\NCCc2cc3c(cc21)OCO3)c1ccc(Br)o1. The Hall–Kier alpha value is -2.21. The minimum Gasteiger partial charge on any atom is -0.454 e. The maximum Gasteiger partial charge on any atom is 0.231 e. The van der Waals surface area contributed by atoms with E-state index in [1.54, 1.807) is 18.2 Å². The number of ether oxygens (including phenoxy) is 2. The first-order valence-electron chi connectivity index (χ1n) is 6.89. The van der Waals surface area contributed by atoms with Gasteiger partial charge in [-0.2, -0.15) is 0 Å². The number of carbonyl (C=O) groups is 1.